The van der Waals surface area contributed by atoms with Crippen molar-refractivity contribution in [2.75, 3.05) is 13.7 Å². The second-order valence-electron chi connectivity index (χ2n) is 17.7. The highest BCUT2D eigenvalue weighted by atomic mass is 16.5. The first-order chi connectivity index (χ1) is 20.6. The molecule has 0 amide bonds. The zero-order chi connectivity index (χ0) is 31.9. The molecular weight excluding hydrogens is 538 g/mol. The van der Waals surface area contributed by atoms with Crippen molar-refractivity contribution in [2.45, 2.75) is 119 Å². The van der Waals surface area contributed by atoms with Gasteiger partial charge in [-0.3, -0.25) is 0 Å². The Bertz CT molecular complexity index is 1320. The Morgan fingerprint density at radius 2 is 1.64 bits per heavy atom. The number of allylic oxidation sites excluding steroid dienone is 3. The van der Waals surface area contributed by atoms with Gasteiger partial charge in [0.1, 0.15) is 0 Å². The maximum absolute atomic E-state index is 12.1. The number of hydrogen-bond donors (Lipinski definition) is 1. The largest absolute Gasteiger partial charge is 0.465 e. The molecule has 1 aromatic rings. The molecule has 1 aromatic carbocycles. The van der Waals surface area contributed by atoms with Gasteiger partial charge in [-0.1, -0.05) is 78.8 Å². The summed E-state index contributed by atoms with van der Waals surface area (Å²) in [6.45, 7) is 26.0. The first kappa shape index (κ1) is 32.1. The standard InChI is InChI=1S/C41H61NO2/c1-26(2)30-17-22-41(25-42-27(3)4)24-23-39(8)32(35(30)41)15-16-34-38(7)20-18-31(28-11-13-29(14-12-28)36(43)44-10)37(5,6)33(38)19-21-40(34,39)9/h11-14,18,27,30,32-35,42H,1,15-17,19-25H2,2-10H3/t30-,32+,33-,34+,35+,38-,39+,40+,41+/m0/s1. The number of nitrogens with one attached hydrogen (secondary N) is 1. The van der Waals surface area contributed by atoms with Gasteiger partial charge in [0.15, 0.2) is 0 Å². The van der Waals surface area contributed by atoms with Crippen molar-refractivity contribution in [3.8, 4) is 0 Å². The molecule has 5 aliphatic rings. The summed E-state index contributed by atoms with van der Waals surface area (Å²) in [6, 6.07) is 8.71. The Hall–Kier alpha value is -1.87. The van der Waals surface area contributed by atoms with E-state index in [9.17, 15) is 4.79 Å². The minimum Gasteiger partial charge on any atom is -0.465 e. The van der Waals surface area contributed by atoms with E-state index in [0.717, 1.165) is 24.2 Å². The predicted octanol–water partition coefficient (Wildman–Crippen LogP) is 10.1. The van der Waals surface area contributed by atoms with E-state index in [1.54, 1.807) is 0 Å². The van der Waals surface area contributed by atoms with E-state index in [4.69, 9.17) is 4.74 Å². The van der Waals surface area contributed by atoms with Crippen LogP contribution in [0.3, 0.4) is 0 Å². The SMILES string of the molecule is C=C(C)[C@@H]1CC[C@]2(CNC(C)C)CC[C@]3(C)[C@H](CC[C@@H]4[C@@]5(C)CC=C(c6ccc(C(=O)OC)cc6)C(C)(C)[C@@H]5CC[C@]43C)[C@@H]12. The van der Waals surface area contributed by atoms with Gasteiger partial charge in [0.05, 0.1) is 12.7 Å². The van der Waals surface area contributed by atoms with E-state index < -0.39 is 0 Å². The van der Waals surface area contributed by atoms with Crippen LogP contribution >= 0.6 is 0 Å². The van der Waals surface area contributed by atoms with Gasteiger partial charge in [0.2, 0.25) is 0 Å². The molecule has 44 heavy (non-hydrogen) atoms. The number of methoxy groups -OCH3 is 1. The van der Waals surface area contributed by atoms with Gasteiger partial charge in [-0.05, 0) is 145 Å². The number of rotatable bonds is 6. The number of hydrogen-bond acceptors (Lipinski definition) is 3. The number of carbonyl (C=O) groups excluding carboxylic acids is 1. The second kappa shape index (κ2) is 10.9. The molecule has 5 aliphatic carbocycles. The maximum atomic E-state index is 12.1. The highest BCUT2D eigenvalue weighted by Gasteiger charge is 2.70. The molecule has 0 aromatic heterocycles. The van der Waals surface area contributed by atoms with Gasteiger partial charge >= 0.3 is 5.97 Å². The van der Waals surface area contributed by atoms with Gasteiger partial charge < -0.3 is 10.1 Å². The average molecular weight is 600 g/mol. The molecule has 0 aliphatic heterocycles. The quantitative estimate of drug-likeness (QED) is 0.261. The maximum Gasteiger partial charge on any atom is 0.337 e. The molecule has 3 heteroatoms. The van der Waals surface area contributed by atoms with Crippen LogP contribution < -0.4 is 5.32 Å². The van der Waals surface area contributed by atoms with Gasteiger partial charge in [-0.2, -0.15) is 0 Å². The normalized spacial score (nSPS) is 42.4. The molecule has 4 saturated carbocycles. The molecule has 242 valence electrons. The van der Waals surface area contributed by atoms with E-state index in [2.05, 4.69) is 85.5 Å². The fourth-order valence-electron chi connectivity index (χ4n) is 13.0. The first-order valence-electron chi connectivity index (χ1n) is 17.9. The third kappa shape index (κ3) is 4.48. The number of esters is 1. The minimum absolute atomic E-state index is 0.0829. The van der Waals surface area contributed by atoms with E-state index >= 15 is 0 Å². The van der Waals surface area contributed by atoms with Gasteiger partial charge in [-0.15, -0.1) is 0 Å². The third-order valence-electron chi connectivity index (χ3n) is 15.3. The van der Waals surface area contributed by atoms with Crippen LogP contribution in [0.5, 0.6) is 0 Å². The van der Waals surface area contributed by atoms with Crippen molar-refractivity contribution in [1.29, 1.82) is 0 Å². The molecule has 0 radical (unpaired) electrons. The first-order valence-corrected chi connectivity index (χ1v) is 17.9. The van der Waals surface area contributed by atoms with Crippen LogP contribution in [0, 0.1) is 56.7 Å². The lowest BCUT2D eigenvalue weighted by molar-refractivity contribution is -0.225. The smallest absolute Gasteiger partial charge is 0.337 e. The molecule has 4 fully saturated rings. The summed E-state index contributed by atoms with van der Waals surface area (Å²) >= 11 is 0. The molecule has 9 atom stereocenters. The number of benzene rings is 1. The van der Waals surface area contributed by atoms with E-state index in [0.29, 0.717) is 45.1 Å². The summed E-state index contributed by atoms with van der Waals surface area (Å²) in [5, 5.41) is 3.93. The van der Waals surface area contributed by atoms with Gasteiger partial charge in [-0.25, -0.2) is 4.79 Å². The average Bonchev–Trinajstić information content (AvgIpc) is 3.36. The highest BCUT2D eigenvalue weighted by molar-refractivity contribution is 5.89. The molecular formula is C41H61NO2. The van der Waals surface area contributed by atoms with Crippen LogP contribution in [0.15, 0.2) is 42.5 Å². The van der Waals surface area contributed by atoms with Crippen LogP contribution in [-0.2, 0) is 4.74 Å². The lowest BCUT2D eigenvalue weighted by Crippen LogP contribution is -2.66. The van der Waals surface area contributed by atoms with E-state index in [1.165, 1.54) is 81.7 Å². The Balaban J connectivity index is 1.33. The van der Waals surface area contributed by atoms with Crippen molar-refractivity contribution in [2.24, 2.45) is 56.7 Å². The molecule has 3 nitrogen and oxygen atoms in total. The summed E-state index contributed by atoms with van der Waals surface area (Å²) in [4.78, 5) is 12.1. The fourth-order valence-corrected chi connectivity index (χ4v) is 13.0. The van der Waals surface area contributed by atoms with Gasteiger partial charge in [0, 0.05) is 12.6 Å². The van der Waals surface area contributed by atoms with Crippen LogP contribution in [0.1, 0.15) is 129 Å². The van der Waals surface area contributed by atoms with Gasteiger partial charge in [0.25, 0.3) is 0 Å². The predicted molar refractivity (Wildman–Crippen MR) is 183 cm³/mol. The molecule has 0 spiro atoms. The van der Waals surface area contributed by atoms with Crippen molar-refractivity contribution < 1.29 is 9.53 Å². The second-order valence-corrected chi connectivity index (χ2v) is 17.7. The van der Waals surface area contributed by atoms with E-state index in [-0.39, 0.29) is 11.4 Å². The Labute approximate surface area is 269 Å². The summed E-state index contributed by atoms with van der Waals surface area (Å²) in [5.41, 5.74) is 6.37. The summed E-state index contributed by atoms with van der Waals surface area (Å²) < 4.78 is 4.96. The number of fused-ring (bicyclic) bond motifs is 7. The lowest BCUT2D eigenvalue weighted by atomic mass is 9.32. The fraction of sp³-hybridized carbons (Fsp3) is 0.732. The zero-order valence-corrected chi connectivity index (χ0v) is 29.4. The summed E-state index contributed by atoms with van der Waals surface area (Å²) in [6.07, 6.45) is 14.7. The third-order valence-corrected chi connectivity index (χ3v) is 15.3. The Morgan fingerprint density at radius 3 is 2.27 bits per heavy atom. The topological polar surface area (TPSA) is 38.3 Å². The van der Waals surface area contributed by atoms with Crippen LogP contribution in [-0.4, -0.2) is 25.7 Å². The molecule has 6 rings (SSSR count). The highest BCUT2D eigenvalue weighted by Crippen LogP contribution is 2.77. The van der Waals surface area contributed by atoms with E-state index in [1.807, 2.05) is 12.1 Å². The van der Waals surface area contributed by atoms with Crippen molar-refractivity contribution in [3.05, 3.63) is 53.6 Å². The molecule has 0 unspecified atom stereocenters. The minimum atomic E-state index is -0.264. The number of carbonyl (C=O) groups is 1. The van der Waals surface area contributed by atoms with Crippen LogP contribution in [0.2, 0.25) is 0 Å². The molecule has 0 bridgehead atoms. The van der Waals surface area contributed by atoms with Crippen LogP contribution in [0.4, 0.5) is 0 Å². The zero-order valence-electron chi connectivity index (χ0n) is 29.4. The summed E-state index contributed by atoms with van der Waals surface area (Å²) in [5.74, 6) is 3.40. The van der Waals surface area contributed by atoms with Crippen molar-refractivity contribution in [1.82, 2.24) is 5.32 Å². The monoisotopic (exact) mass is 599 g/mol. The molecule has 1 N–H and O–H groups in total. The lowest BCUT2D eigenvalue weighted by Gasteiger charge is -2.72. The Morgan fingerprint density at radius 1 is 0.932 bits per heavy atom. The van der Waals surface area contributed by atoms with Crippen molar-refractivity contribution >= 4 is 11.5 Å². The number of ether oxygens (including phenoxy) is 1. The van der Waals surface area contributed by atoms with Crippen LogP contribution in [0.25, 0.3) is 5.57 Å². The summed E-state index contributed by atoms with van der Waals surface area (Å²) in [7, 11) is 1.45. The van der Waals surface area contributed by atoms with Crippen molar-refractivity contribution in [3.63, 3.8) is 0 Å². The molecule has 0 saturated heterocycles. The molecule has 0 heterocycles. The Kier molecular flexibility index (Phi) is 7.91.